The van der Waals surface area contributed by atoms with Crippen molar-refractivity contribution in [1.29, 1.82) is 0 Å². The van der Waals surface area contributed by atoms with Gasteiger partial charge in [0.25, 0.3) is 5.56 Å². The Bertz CT molecular complexity index is 1410. The number of H-pyrrole nitrogens is 1. The van der Waals surface area contributed by atoms with Crippen LogP contribution in [0.1, 0.15) is 38.1 Å². The molecule has 0 aromatic carbocycles. The number of likely N-dealkylation sites (N-methyl/N-ethyl adjacent to an activating group) is 1. The minimum absolute atomic E-state index is 0.0484. The smallest absolute Gasteiger partial charge is 0.407 e. The number of nitrogens with one attached hydrogen (secondary N) is 3. The first-order valence-corrected chi connectivity index (χ1v) is 12.6. The van der Waals surface area contributed by atoms with E-state index in [2.05, 4.69) is 44.2 Å². The van der Waals surface area contributed by atoms with Crippen molar-refractivity contribution in [2.45, 2.75) is 45.7 Å². The lowest BCUT2D eigenvalue weighted by Gasteiger charge is -2.17. The normalized spacial score (nSPS) is 12.1. The summed E-state index contributed by atoms with van der Waals surface area (Å²) >= 11 is 0. The molecule has 12 heteroatoms. The third-order valence-corrected chi connectivity index (χ3v) is 5.87. The zero-order valence-electron chi connectivity index (χ0n) is 22.9. The van der Waals surface area contributed by atoms with Gasteiger partial charge in [0.1, 0.15) is 17.6 Å². The quantitative estimate of drug-likeness (QED) is 0.318. The summed E-state index contributed by atoms with van der Waals surface area (Å²) in [6, 6.07) is 4.09. The summed E-state index contributed by atoms with van der Waals surface area (Å²) in [6.45, 7) is 4.42. The number of methoxy groups -OCH3 is 1. The van der Waals surface area contributed by atoms with E-state index in [9.17, 15) is 19.2 Å². The summed E-state index contributed by atoms with van der Waals surface area (Å²) < 4.78 is 6.05. The number of anilines is 1. The number of aromatic amines is 1. The molecule has 3 N–H and O–H groups in total. The van der Waals surface area contributed by atoms with Gasteiger partial charge in [-0.25, -0.2) is 14.8 Å². The minimum atomic E-state index is -0.995. The van der Waals surface area contributed by atoms with Gasteiger partial charge in [0.15, 0.2) is 5.65 Å². The van der Waals surface area contributed by atoms with Crippen molar-refractivity contribution >= 4 is 34.8 Å². The van der Waals surface area contributed by atoms with Gasteiger partial charge in [-0.15, -0.1) is 0 Å². The zero-order chi connectivity index (χ0) is 28.5. The molecule has 3 aromatic rings. The average molecular weight is 538 g/mol. The number of rotatable bonds is 11. The van der Waals surface area contributed by atoms with E-state index in [-0.39, 0.29) is 24.6 Å². The van der Waals surface area contributed by atoms with Crippen molar-refractivity contribution in [2.75, 3.05) is 26.5 Å². The van der Waals surface area contributed by atoms with Gasteiger partial charge >= 0.3 is 6.09 Å². The Balaban J connectivity index is 1.75. The molecule has 0 aliphatic heterocycles. The van der Waals surface area contributed by atoms with E-state index in [1.165, 1.54) is 28.7 Å². The molecule has 3 rings (SSSR count). The summed E-state index contributed by atoms with van der Waals surface area (Å²) in [4.78, 5) is 63.3. The van der Waals surface area contributed by atoms with E-state index in [1.54, 1.807) is 38.6 Å². The molecule has 0 spiro atoms. The summed E-state index contributed by atoms with van der Waals surface area (Å²) in [5.74, 6) is 0.231. The molecule has 0 fully saturated rings. The van der Waals surface area contributed by atoms with Crippen molar-refractivity contribution in [3.8, 4) is 0 Å². The molecule has 0 radical (unpaired) electrons. The van der Waals surface area contributed by atoms with Gasteiger partial charge in [0.2, 0.25) is 11.8 Å². The molecular weight excluding hydrogens is 502 g/mol. The molecule has 0 saturated carbocycles. The Hall–Kier alpha value is -4.48. The highest BCUT2D eigenvalue weighted by Crippen LogP contribution is 2.18. The van der Waals surface area contributed by atoms with E-state index in [0.717, 1.165) is 17.5 Å². The second kappa shape index (κ2) is 13.4. The number of fused-ring (bicyclic) bond motifs is 1. The van der Waals surface area contributed by atoms with Crippen LogP contribution in [0, 0.1) is 5.92 Å². The number of hydrogen-bond donors (Lipinski definition) is 3. The Morgan fingerprint density at radius 3 is 2.69 bits per heavy atom. The molecule has 1 unspecified atom stereocenters. The van der Waals surface area contributed by atoms with Crippen LogP contribution in [0.15, 0.2) is 47.5 Å². The Morgan fingerprint density at radius 1 is 1.23 bits per heavy atom. The maximum absolute atomic E-state index is 13.2. The lowest BCUT2D eigenvalue weighted by atomic mass is 10.0. The highest BCUT2D eigenvalue weighted by molar-refractivity contribution is 5.96. The van der Waals surface area contributed by atoms with E-state index >= 15 is 0 Å². The summed E-state index contributed by atoms with van der Waals surface area (Å²) in [6.07, 6.45) is 6.93. The molecule has 12 nitrogen and oxygen atoms in total. The van der Waals surface area contributed by atoms with Crippen molar-refractivity contribution in [2.24, 2.45) is 5.92 Å². The molecule has 208 valence electrons. The molecule has 39 heavy (non-hydrogen) atoms. The maximum Gasteiger partial charge on any atom is 0.407 e. The first kappa shape index (κ1) is 29.1. The van der Waals surface area contributed by atoms with Crippen LogP contribution in [-0.2, 0) is 27.3 Å². The van der Waals surface area contributed by atoms with Crippen LogP contribution in [0.4, 0.5) is 10.5 Å². The van der Waals surface area contributed by atoms with Gasteiger partial charge in [0.05, 0.1) is 19.2 Å². The summed E-state index contributed by atoms with van der Waals surface area (Å²) in [7, 11) is 4.45. The molecule has 0 aliphatic carbocycles. The number of ether oxygens (including phenoxy) is 1. The monoisotopic (exact) mass is 537 g/mol. The standard InChI is InChI=1S/C27H35N7O5/c1-17(2)15-18-12-13-28-24-23(18)31-21(32-24)16-34-14-8-10-20(26(34)37)29-25(36)19(30-27(38)39-5)9-6-7-11-22(35)33(3)4/h7-8,10-14,17,19H,6,9,15-16H2,1-5H3,(H,29,36)(H,30,38)(H,28,31,32)/b11-7+. The fourth-order valence-electron chi connectivity index (χ4n) is 3.90. The topological polar surface area (TPSA) is 151 Å². The van der Waals surface area contributed by atoms with Crippen molar-refractivity contribution in [3.63, 3.8) is 0 Å². The fraction of sp³-hybridized carbons (Fsp3) is 0.407. The SMILES string of the molecule is COC(=O)NC(CC/C=C/C(=O)N(C)C)C(=O)Nc1cccn(Cc2nc3nccc(CC(C)C)c3[nH]2)c1=O. The number of nitrogens with zero attached hydrogens (tertiary/aromatic N) is 4. The highest BCUT2D eigenvalue weighted by Gasteiger charge is 2.22. The van der Waals surface area contributed by atoms with Gasteiger partial charge in [-0.05, 0) is 55.0 Å². The van der Waals surface area contributed by atoms with E-state index < -0.39 is 23.6 Å². The van der Waals surface area contributed by atoms with Crippen LogP contribution in [0.2, 0.25) is 0 Å². The molecule has 3 aromatic heterocycles. The Kier molecular flexibility index (Phi) is 9.96. The second-order valence-corrected chi connectivity index (χ2v) is 9.70. The summed E-state index contributed by atoms with van der Waals surface area (Å²) in [5.41, 5.74) is 2.14. The number of alkyl carbamates (subject to hydrolysis) is 1. The van der Waals surface area contributed by atoms with Crippen LogP contribution in [0.5, 0.6) is 0 Å². The van der Waals surface area contributed by atoms with E-state index in [4.69, 9.17) is 0 Å². The predicted molar refractivity (Wildman–Crippen MR) is 147 cm³/mol. The molecule has 0 bridgehead atoms. The van der Waals surface area contributed by atoms with Gasteiger partial charge in [-0.2, -0.15) is 0 Å². The number of allylic oxidation sites excluding steroid dienone is 1. The molecule has 3 heterocycles. The fourth-order valence-corrected chi connectivity index (χ4v) is 3.90. The van der Waals surface area contributed by atoms with E-state index in [0.29, 0.717) is 23.8 Å². The lowest BCUT2D eigenvalue weighted by Crippen LogP contribution is -2.44. The molecular formula is C27H35N7O5. The number of aromatic nitrogens is 4. The van der Waals surface area contributed by atoms with Crippen molar-refractivity contribution < 1.29 is 19.1 Å². The molecule has 3 amide bonds. The Labute approximate surface area is 226 Å². The lowest BCUT2D eigenvalue weighted by molar-refractivity contribution is -0.123. The number of pyridine rings is 2. The van der Waals surface area contributed by atoms with Gasteiger partial charge in [0, 0.05) is 26.5 Å². The van der Waals surface area contributed by atoms with Crippen LogP contribution in [0.25, 0.3) is 11.2 Å². The highest BCUT2D eigenvalue weighted by atomic mass is 16.5. The number of carbonyl (C=O) groups is 3. The first-order chi connectivity index (χ1) is 18.6. The number of amides is 3. The maximum atomic E-state index is 13.2. The number of carbonyl (C=O) groups excluding carboxylic acids is 3. The third kappa shape index (κ3) is 8.00. The van der Waals surface area contributed by atoms with Gasteiger partial charge < -0.3 is 29.8 Å². The average Bonchev–Trinajstić information content (AvgIpc) is 3.31. The minimum Gasteiger partial charge on any atom is -0.453 e. The van der Waals surface area contributed by atoms with Crippen LogP contribution >= 0.6 is 0 Å². The zero-order valence-corrected chi connectivity index (χ0v) is 22.9. The molecule has 0 aliphatic rings. The molecule has 0 saturated heterocycles. The number of hydrogen-bond acceptors (Lipinski definition) is 7. The van der Waals surface area contributed by atoms with Gasteiger partial charge in [-0.1, -0.05) is 19.9 Å². The molecule has 1 atom stereocenters. The predicted octanol–water partition coefficient (Wildman–Crippen LogP) is 2.45. The number of imidazole rings is 1. The van der Waals surface area contributed by atoms with Crippen molar-refractivity contribution in [1.82, 2.24) is 29.7 Å². The second-order valence-electron chi connectivity index (χ2n) is 9.70. The Morgan fingerprint density at radius 2 is 2.00 bits per heavy atom. The van der Waals surface area contributed by atoms with Crippen molar-refractivity contribution in [3.05, 3.63) is 64.5 Å². The largest absolute Gasteiger partial charge is 0.453 e. The summed E-state index contributed by atoms with van der Waals surface area (Å²) in [5, 5.41) is 5.08. The van der Waals surface area contributed by atoms with Crippen LogP contribution in [0.3, 0.4) is 0 Å². The van der Waals surface area contributed by atoms with Gasteiger partial charge in [-0.3, -0.25) is 14.4 Å². The first-order valence-electron chi connectivity index (χ1n) is 12.6. The third-order valence-electron chi connectivity index (χ3n) is 5.87. The van der Waals surface area contributed by atoms with Crippen LogP contribution < -0.4 is 16.2 Å². The van der Waals surface area contributed by atoms with Crippen LogP contribution in [-0.4, -0.2) is 69.6 Å². The van der Waals surface area contributed by atoms with E-state index in [1.807, 2.05) is 6.07 Å².